The van der Waals surface area contributed by atoms with Crippen molar-refractivity contribution in [2.45, 2.75) is 25.8 Å². The van der Waals surface area contributed by atoms with Crippen LogP contribution in [0, 0.1) is 0 Å². The summed E-state index contributed by atoms with van der Waals surface area (Å²) in [6.07, 6.45) is 1.10. The molecule has 24 heavy (non-hydrogen) atoms. The van der Waals surface area contributed by atoms with E-state index in [4.69, 9.17) is 5.73 Å². The first-order valence-electron chi connectivity index (χ1n) is 8.38. The Morgan fingerprint density at radius 1 is 1.00 bits per heavy atom. The highest BCUT2D eigenvalue weighted by atomic mass is 15.1. The van der Waals surface area contributed by atoms with Crippen LogP contribution in [-0.2, 0) is 6.54 Å². The van der Waals surface area contributed by atoms with E-state index in [1.54, 1.807) is 0 Å². The van der Waals surface area contributed by atoms with Crippen LogP contribution in [-0.4, -0.2) is 28.5 Å². The van der Waals surface area contributed by atoms with E-state index < -0.39 is 0 Å². The standard InChI is InChI=1S/C20H24N4/c1-15(16-8-4-3-5-9-16)12-13-24(2)14-19-22-18-11-7-6-10-17(18)20(21)23-19/h3-11,15H,12-14H2,1-2H3,(H2,21,22,23). The van der Waals surface area contributed by atoms with Gasteiger partial charge >= 0.3 is 0 Å². The minimum absolute atomic E-state index is 0.538. The average molecular weight is 320 g/mol. The van der Waals surface area contributed by atoms with Crippen LogP contribution in [0.15, 0.2) is 54.6 Å². The molecule has 0 aliphatic heterocycles. The lowest BCUT2D eigenvalue weighted by Crippen LogP contribution is -2.22. The van der Waals surface area contributed by atoms with Crippen molar-refractivity contribution in [1.82, 2.24) is 14.9 Å². The van der Waals surface area contributed by atoms with E-state index in [1.807, 2.05) is 24.3 Å². The zero-order valence-corrected chi connectivity index (χ0v) is 14.3. The van der Waals surface area contributed by atoms with Crippen molar-refractivity contribution >= 4 is 16.7 Å². The molecule has 0 bridgehead atoms. The van der Waals surface area contributed by atoms with Gasteiger partial charge in [0.15, 0.2) is 0 Å². The lowest BCUT2D eigenvalue weighted by molar-refractivity contribution is 0.306. The fourth-order valence-corrected chi connectivity index (χ4v) is 2.90. The van der Waals surface area contributed by atoms with Crippen LogP contribution in [0.3, 0.4) is 0 Å². The number of aromatic nitrogens is 2. The fraction of sp³-hybridized carbons (Fsp3) is 0.300. The normalized spacial score (nSPS) is 12.6. The van der Waals surface area contributed by atoms with Gasteiger partial charge in [-0.05, 0) is 43.6 Å². The summed E-state index contributed by atoms with van der Waals surface area (Å²) in [5, 5.41) is 0.918. The molecule has 3 rings (SSSR count). The van der Waals surface area contributed by atoms with E-state index in [0.29, 0.717) is 18.3 Å². The first-order valence-corrected chi connectivity index (χ1v) is 8.38. The molecule has 1 atom stereocenters. The van der Waals surface area contributed by atoms with Crippen LogP contribution < -0.4 is 5.73 Å². The van der Waals surface area contributed by atoms with Crippen molar-refractivity contribution in [3.05, 3.63) is 66.0 Å². The molecule has 0 amide bonds. The number of benzene rings is 2. The van der Waals surface area contributed by atoms with Crippen molar-refractivity contribution in [2.24, 2.45) is 0 Å². The van der Waals surface area contributed by atoms with Crippen molar-refractivity contribution in [2.75, 3.05) is 19.3 Å². The predicted molar refractivity (Wildman–Crippen MR) is 99.8 cm³/mol. The molecular formula is C20H24N4. The van der Waals surface area contributed by atoms with Crippen molar-refractivity contribution in [3.63, 3.8) is 0 Å². The highest BCUT2D eigenvalue weighted by molar-refractivity contribution is 5.87. The molecule has 4 heteroatoms. The van der Waals surface area contributed by atoms with Gasteiger partial charge in [0.05, 0.1) is 12.1 Å². The third-order valence-corrected chi connectivity index (χ3v) is 4.40. The molecule has 4 nitrogen and oxygen atoms in total. The number of nitrogens with zero attached hydrogens (tertiary/aromatic N) is 3. The maximum atomic E-state index is 6.06. The van der Waals surface area contributed by atoms with Crippen molar-refractivity contribution in [1.29, 1.82) is 0 Å². The monoisotopic (exact) mass is 320 g/mol. The van der Waals surface area contributed by atoms with Crippen LogP contribution in [0.1, 0.15) is 30.7 Å². The highest BCUT2D eigenvalue weighted by Gasteiger charge is 2.10. The van der Waals surface area contributed by atoms with Gasteiger partial charge in [0.25, 0.3) is 0 Å². The Morgan fingerprint density at radius 3 is 2.50 bits per heavy atom. The molecule has 0 radical (unpaired) electrons. The maximum absolute atomic E-state index is 6.06. The summed E-state index contributed by atoms with van der Waals surface area (Å²) in [6.45, 7) is 3.97. The predicted octanol–water partition coefficient (Wildman–Crippen LogP) is 3.84. The molecule has 0 aliphatic rings. The van der Waals surface area contributed by atoms with E-state index in [9.17, 15) is 0 Å². The summed E-state index contributed by atoms with van der Waals surface area (Å²) >= 11 is 0. The Labute approximate surface area is 143 Å². The maximum Gasteiger partial charge on any atom is 0.145 e. The SMILES string of the molecule is CC(CCN(C)Cc1nc(N)c2ccccc2n1)c1ccccc1. The molecule has 1 aromatic heterocycles. The average Bonchev–Trinajstić information content (AvgIpc) is 2.60. The van der Waals surface area contributed by atoms with E-state index in [1.165, 1.54) is 5.56 Å². The summed E-state index contributed by atoms with van der Waals surface area (Å²) in [4.78, 5) is 11.3. The second kappa shape index (κ2) is 7.41. The third-order valence-electron chi connectivity index (χ3n) is 4.40. The van der Waals surface area contributed by atoms with Crippen LogP contribution in [0.5, 0.6) is 0 Å². The number of hydrogen-bond donors (Lipinski definition) is 1. The molecule has 0 saturated heterocycles. The van der Waals surface area contributed by atoms with Gasteiger partial charge in [-0.3, -0.25) is 4.90 Å². The lowest BCUT2D eigenvalue weighted by atomic mass is 9.98. The first-order chi connectivity index (χ1) is 11.6. The van der Waals surface area contributed by atoms with Gasteiger partial charge < -0.3 is 5.73 Å². The molecule has 124 valence electrons. The van der Waals surface area contributed by atoms with Crippen LogP contribution in [0.2, 0.25) is 0 Å². The van der Waals surface area contributed by atoms with E-state index >= 15 is 0 Å². The summed E-state index contributed by atoms with van der Waals surface area (Å²) < 4.78 is 0. The number of nitrogen functional groups attached to an aromatic ring is 1. The Bertz CT molecular complexity index is 801. The van der Waals surface area contributed by atoms with E-state index in [-0.39, 0.29) is 0 Å². The number of fused-ring (bicyclic) bond motifs is 1. The number of para-hydroxylation sites is 1. The lowest BCUT2D eigenvalue weighted by Gasteiger charge is -2.19. The number of hydrogen-bond acceptors (Lipinski definition) is 4. The van der Waals surface area contributed by atoms with Gasteiger partial charge in [0.2, 0.25) is 0 Å². The van der Waals surface area contributed by atoms with Crippen molar-refractivity contribution in [3.8, 4) is 0 Å². The zero-order valence-electron chi connectivity index (χ0n) is 14.3. The van der Waals surface area contributed by atoms with Gasteiger partial charge in [0.1, 0.15) is 11.6 Å². The third kappa shape index (κ3) is 3.89. The minimum Gasteiger partial charge on any atom is -0.383 e. The molecule has 3 aromatic rings. The Hall–Kier alpha value is -2.46. The molecular weight excluding hydrogens is 296 g/mol. The molecule has 1 unspecified atom stereocenters. The van der Waals surface area contributed by atoms with Crippen LogP contribution in [0.25, 0.3) is 10.9 Å². The second-order valence-corrected chi connectivity index (χ2v) is 6.38. The van der Waals surface area contributed by atoms with Gasteiger partial charge in [-0.15, -0.1) is 0 Å². The summed E-state index contributed by atoms with van der Waals surface area (Å²) in [5.74, 6) is 1.87. The molecule has 0 spiro atoms. The summed E-state index contributed by atoms with van der Waals surface area (Å²) in [6, 6.07) is 18.5. The minimum atomic E-state index is 0.538. The van der Waals surface area contributed by atoms with E-state index in [0.717, 1.165) is 29.7 Å². The quantitative estimate of drug-likeness (QED) is 0.750. The van der Waals surface area contributed by atoms with Gasteiger partial charge in [0, 0.05) is 5.39 Å². The second-order valence-electron chi connectivity index (χ2n) is 6.38. The van der Waals surface area contributed by atoms with Gasteiger partial charge in [-0.1, -0.05) is 49.4 Å². The molecule has 2 N–H and O–H groups in total. The molecule has 2 aromatic carbocycles. The first kappa shape index (κ1) is 16.4. The Kier molecular flexibility index (Phi) is 5.06. The number of nitrogens with two attached hydrogens (primary N) is 1. The van der Waals surface area contributed by atoms with Crippen LogP contribution >= 0.6 is 0 Å². The topological polar surface area (TPSA) is 55.0 Å². The van der Waals surface area contributed by atoms with Gasteiger partial charge in [-0.2, -0.15) is 0 Å². The van der Waals surface area contributed by atoms with Crippen LogP contribution in [0.4, 0.5) is 5.82 Å². The highest BCUT2D eigenvalue weighted by Crippen LogP contribution is 2.20. The van der Waals surface area contributed by atoms with Crippen molar-refractivity contribution < 1.29 is 0 Å². The molecule has 1 heterocycles. The number of anilines is 1. The largest absolute Gasteiger partial charge is 0.383 e. The zero-order chi connectivity index (χ0) is 16.9. The smallest absolute Gasteiger partial charge is 0.145 e. The number of rotatable bonds is 6. The summed E-state index contributed by atoms with van der Waals surface area (Å²) in [5.41, 5.74) is 8.36. The molecule has 0 fully saturated rings. The van der Waals surface area contributed by atoms with Gasteiger partial charge in [-0.25, -0.2) is 9.97 Å². The Balaban J connectivity index is 1.62. The van der Waals surface area contributed by atoms with E-state index in [2.05, 4.69) is 59.2 Å². The molecule has 0 aliphatic carbocycles. The summed E-state index contributed by atoms with van der Waals surface area (Å²) in [7, 11) is 2.10. The molecule has 0 saturated carbocycles. The Morgan fingerprint density at radius 2 is 1.71 bits per heavy atom. The fourth-order valence-electron chi connectivity index (χ4n) is 2.90.